The molecule has 2 aromatic carbocycles. The van der Waals surface area contributed by atoms with E-state index in [1.54, 1.807) is 23.8 Å². The second-order valence-corrected chi connectivity index (χ2v) is 6.08. The third-order valence-electron chi connectivity index (χ3n) is 4.33. The van der Waals surface area contributed by atoms with Crippen LogP contribution in [0.1, 0.15) is 15.9 Å². The number of imidazole rings is 1. The normalized spacial score (nSPS) is 10.7. The summed E-state index contributed by atoms with van der Waals surface area (Å²) >= 11 is 0. The van der Waals surface area contributed by atoms with Crippen LogP contribution in [0, 0.1) is 6.92 Å². The Kier molecular flexibility index (Phi) is 4.57. The lowest BCUT2D eigenvalue weighted by atomic mass is 10.1. The molecular formula is C20H22N3O2+. The SMILES string of the molecule is COc1cccc(C(=O)C[n+]2cc(-c3ccc(C)cc3)n(C)c2N)c1. The van der Waals surface area contributed by atoms with E-state index >= 15 is 0 Å². The van der Waals surface area contributed by atoms with E-state index in [2.05, 4.69) is 31.2 Å². The van der Waals surface area contributed by atoms with Crippen LogP contribution in [0.3, 0.4) is 0 Å². The number of methoxy groups -OCH3 is 1. The van der Waals surface area contributed by atoms with Gasteiger partial charge in [0, 0.05) is 11.1 Å². The summed E-state index contributed by atoms with van der Waals surface area (Å²) in [5, 5.41) is 0. The number of carbonyl (C=O) groups excluding carboxylic acids is 1. The molecule has 0 aliphatic rings. The van der Waals surface area contributed by atoms with Crippen LogP contribution >= 0.6 is 0 Å². The van der Waals surface area contributed by atoms with Gasteiger partial charge < -0.3 is 4.74 Å². The number of nitrogens with zero attached hydrogens (tertiary/aromatic N) is 2. The number of rotatable bonds is 5. The van der Waals surface area contributed by atoms with E-state index in [4.69, 9.17) is 10.5 Å². The first kappa shape index (κ1) is 16.8. The number of ether oxygens (including phenoxy) is 1. The Bertz CT molecular complexity index is 911. The maximum absolute atomic E-state index is 12.6. The van der Waals surface area contributed by atoms with E-state index in [1.165, 1.54) is 5.56 Å². The molecule has 0 saturated carbocycles. The van der Waals surface area contributed by atoms with Crippen LogP contribution in [0.4, 0.5) is 5.95 Å². The van der Waals surface area contributed by atoms with Crippen molar-refractivity contribution in [2.75, 3.05) is 12.8 Å². The van der Waals surface area contributed by atoms with E-state index in [0.29, 0.717) is 17.3 Å². The number of carbonyl (C=O) groups is 1. The van der Waals surface area contributed by atoms with E-state index in [-0.39, 0.29) is 12.3 Å². The van der Waals surface area contributed by atoms with Gasteiger partial charge in [-0.05, 0) is 19.1 Å². The number of nitrogen functional groups attached to an aromatic ring is 1. The topological polar surface area (TPSA) is 61.1 Å². The minimum atomic E-state index is -0.0170. The second-order valence-electron chi connectivity index (χ2n) is 6.08. The van der Waals surface area contributed by atoms with Crippen LogP contribution in [0.15, 0.2) is 54.7 Å². The summed E-state index contributed by atoms with van der Waals surface area (Å²) in [6, 6.07) is 15.4. The number of aryl methyl sites for hydroxylation is 1. The molecule has 0 spiro atoms. The van der Waals surface area contributed by atoms with Gasteiger partial charge in [-0.1, -0.05) is 42.0 Å². The Balaban J connectivity index is 1.89. The number of Topliss-reactive ketones (excluding diaryl/α,β-unsaturated/α-hetero) is 1. The zero-order valence-corrected chi connectivity index (χ0v) is 14.7. The van der Waals surface area contributed by atoms with Gasteiger partial charge in [0.05, 0.1) is 14.2 Å². The van der Waals surface area contributed by atoms with Crippen LogP contribution in [-0.4, -0.2) is 17.5 Å². The summed E-state index contributed by atoms with van der Waals surface area (Å²) in [4.78, 5) is 12.6. The highest BCUT2D eigenvalue weighted by molar-refractivity contribution is 5.95. The Labute approximate surface area is 147 Å². The van der Waals surface area contributed by atoms with Crippen LogP contribution in [-0.2, 0) is 13.6 Å². The average Bonchev–Trinajstić information content (AvgIpc) is 2.91. The first-order chi connectivity index (χ1) is 12.0. The average molecular weight is 336 g/mol. The summed E-state index contributed by atoms with van der Waals surface area (Å²) < 4.78 is 8.85. The largest absolute Gasteiger partial charge is 0.497 e. The highest BCUT2D eigenvalue weighted by atomic mass is 16.5. The molecule has 0 bridgehead atoms. The highest BCUT2D eigenvalue weighted by Gasteiger charge is 2.20. The maximum atomic E-state index is 12.6. The molecule has 25 heavy (non-hydrogen) atoms. The van der Waals surface area contributed by atoms with E-state index in [1.807, 2.05) is 29.9 Å². The standard InChI is InChI=1S/C20H21N3O2/c1-14-7-9-15(10-8-14)18-12-23(20(21)22(18)2)13-19(24)16-5-4-6-17(11-16)25-3/h4-12,21H,13H2,1-3H3/p+1. The van der Waals surface area contributed by atoms with Gasteiger partial charge in [-0.2, -0.15) is 0 Å². The van der Waals surface area contributed by atoms with Gasteiger partial charge in [-0.3, -0.25) is 10.5 Å². The summed E-state index contributed by atoms with van der Waals surface area (Å²) in [6.07, 6.45) is 1.91. The van der Waals surface area contributed by atoms with E-state index in [0.717, 1.165) is 11.3 Å². The second kappa shape index (κ2) is 6.81. The first-order valence-corrected chi connectivity index (χ1v) is 8.08. The lowest BCUT2D eigenvalue weighted by molar-refractivity contribution is -0.667. The van der Waals surface area contributed by atoms with Crippen molar-refractivity contribution in [1.29, 1.82) is 0 Å². The molecule has 0 atom stereocenters. The van der Waals surface area contributed by atoms with Crippen molar-refractivity contribution in [2.24, 2.45) is 7.05 Å². The highest BCUT2D eigenvalue weighted by Crippen LogP contribution is 2.20. The predicted octanol–water partition coefficient (Wildman–Crippen LogP) is 2.76. The van der Waals surface area contributed by atoms with Crippen molar-refractivity contribution in [3.05, 3.63) is 65.9 Å². The van der Waals surface area contributed by atoms with Crippen LogP contribution in [0.2, 0.25) is 0 Å². The van der Waals surface area contributed by atoms with Gasteiger partial charge in [0.2, 0.25) is 0 Å². The predicted molar refractivity (Wildman–Crippen MR) is 97.5 cm³/mol. The number of hydrogen-bond acceptors (Lipinski definition) is 3. The molecular weight excluding hydrogens is 314 g/mol. The summed E-state index contributed by atoms with van der Waals surface area (Å²) in [7, 11) is 3.48. The molecule has 2 N–H and O–H groups in total. The van der Waals surface area contributed by atoms with Crippen molar-refractivity contribution in [3.8, 4) is 17.0 Å². The summed E-state index contributed by atoms with van der Waals surface area (Å²) in [5.74, 6) is 1.18. The Morgan fingerprint density at radius 2 is 1.92 bits per heavy atom. The number of benzene rings is 2. The summed E-state index contributed by atoms with van der Waals surface area (Å²) in [6.45, 7) is 2.23. The van der Waals surface area contributed by atoms with Gasteiger partial charge in [-0.25, -0.2) is 9.13 Å². The monoisotopic (exact) mass is 336 g/mol. The van der Waals surface area contributed by atoms with Gasteiger partial charge in [0.1, 0.15) is 24.2 Å². The number of nitrogens with two attached hydrogens (primary N) is 1. The fourth-order valence-electron chi connectivity index (χ4n) is 2.78. The molecule has 5 nitrogen and oxygen atoms in total. The smallest absolute Gasteiger partial charge is 0.355 e. The Morgan fingerprint density at radius 3 is 2.60 bits per heavy atom. The zero-order valence-electron chi connectivity index (χ0n) is 14.7. The zero-order chi connectivity index (χ0) is 18.0. The molecule has 1 heterocycles. The molecule has 5 heteroatoms. The van der Waals surface area contributed by atoms with Crippen LogP contribution < -0.4 is 15.0 Å². The molecule has 128 valence electrons. The van der Waals surface area contributed by atoms with E-state index < -0.39 is 0 Å². The van der Waals surface area contributed by atoms with Crippen molar-refractivity contribution >= 4 is 11.7 Å². The number of ketones is 1. The number of anilines is 1. The Hall–Kier alpha value is -3.08. The molecule has 0 aliphatic heterocycles. The maximum Gasteiger partial charge on any atom is 0.355 e. The van der Waals surface area contributed by atoms with Gasteiger partial charge >= 0.3 is 5.95 Å². The lowest BCUT2D eigenvalue weighted by Gasteiger charge is -2.03. The molecule has 0 unspecified atom stereocenters. The van der Waals surface area contributed by atoms with Gasteiger partial charge in [0.25, 0.3) is 0 Å². The minimum Gasteiger partial charge on any atom is -0.497 e. The molecule has 1 aromatic heterocycles. The minimum absolute atomic E-state index is 0.0170. The van der Waals surface area contributed by atoms with Gasteiger partial charge in [-0.15, -0.1) is 0 Å². The van der Waals surface area contributed by atoms with Gasteiger partial charge in [0.15, 0.2) is 5.78 Å². The van der Waals surface area contributed by atoms with Crippen molar-refractivity contribution in [2.45, 2.75) is 13.5 Å². The molecule has 0 fully saturated rings. The Morgan fingerprint density at radius 1 is 1.20 bits per heavy atom. The summed E-state index contributed by atoms with van der Waals surface area (Å²) in [5.41, 5.74) is 10.0. The van der Waals surface area contributed by atoms with Crippen molar-refractivity contribution in [3.63, 3.8) is 0 Å². The third-order valence-corrected chi connectivity index (χ3v) is 4.33. The first-order valence-electron chi connectivity index (χ1n) is 8.08. The molecule has 0 radical (unpaired) electrons. The molecule has 3 rings (SSSR count). The molecule has 0 amide bonds. The molecule has 3 aromatic rings. The fraction of sp³-hybridized carbons (Fsp3) is 0.200. The molecule has 0 saturated heterocycles. The lowest BCUT2D eigenvalue weighted by Crippen LogP contribution is -2.39. The van der Waals surface area contributed by atoms with Crippen molar-refractivity contribution in [1.82, 2.24) is 4.57 Å². The van der Waals surface area contributed by atoms with E-state index in [9.17, 15) is 4.79 Å². The fourth-order valence-corrected chi connectivity index (χ4v) is 2.78. The number of hydrogen-bond donors (Lipinski definition) is 1. The molecule has 0 aliphatic carbocycles. The van der Waals surface area contributed by atoms with Crippen molar-refractivity contribution < 1.29 is 14.1 Å². The van der Waals surface area contributed by atoms with Crippen LogP contribution in [0.25, 0.3) is 11.3 Å². The quantitative estimate of drug-likeness (QED) is 0.576. The third kappa shape index (κ3) is 3.40. The van der Waals surface area contributed by atoms with Crippen LogP contribution in [0.5, 0.6) is 5.75 Å². The number of aromatic nitrogens is 2.